The number of carboxylic acid groups (broad SMARTS) is 1. The van der Waals surface area contributed by atoms with Crippen LogP contribution in [-0.4, -0.2) is 22.1 Å². The van der Waals surface area contributed by atoms with Crippen molar-refractivity contribution in [1.29, 1.82) is 0 Å². The molecule has 3 N–H and O–H groups in total. The van der Waals surface area contributed by atoms with Crippen molar-refractivity contribution in [3.8, 4) is 0 Å². The first-order valence-corrected chi connectivity index (χ1v) is 6.47. The van der Waals surface area contributed by atoms with Crippen molar-refractivity contribution in [2.75, 3.05) is 0 Å². The van der Waals surface area contributed by atoms with E-state index < -0.39 is 12.0 Å². The van der Waals surface area contributed by atoms with Gasteiger partial charge in [0.2, 0.25) is 0 Å². The number of carboxylic acids is 1. The van der Waals surface area contributed by atoms with Crippen LogP contribution in [0, 0.1) is 0 Å². The standard InChI is InChI=1S/C12H14N2O3S/c13-10(12(15)16)6-8-7-18-11(14-8)4-3-9-2-1-5-17-9/h1-2,5,7,10H,3-4,6,13H2,(H,15,16). The highest BCUT2D eigenvalue weighted by Crippen LogP contribution is 2.14. The van der Waals surface area contributed by atoms with Gasteiger partial charge in [0, 0.05) is 24.6 Å². The summed E-state index contributed by atoms with van der Waals surface area (Å²) in [5.74, 6) is -0.0749. The van der Waals surface area contributed by atoms with Gasteiger partial charge in [0.15, 0.2) is 0 Å². The minimum Gasteiger partial charge on any atom is -0.480 e. The van der Waals surface area contributed by atoms with Crippen LogP contribution in [-0.2, 0) is 24.1 Å². The smallest absolute Gasteiger partial charge is 0.320 e. The molecule has 5 nitrogen and oxygen atoms in total. The van der Waals surface area contributed by atoms with Gasteiger partial charge >= 0.3 is 5.97 Å². The molecule has 2 aromatic heterocycles. The molecule has 96 valence electrons. The van der Waals surface area contributed by atoms with Crippen molar-refractivity contribution in [3.63, 3.8) is 0 Å². The summed E-state index contributed by atoms with van der Waals surface area (Å²) in [6, 6.07) is 2.90. The monoisotopic (exact) mass is 266 g/mol. The molecule has 0 aliphatic carbocycles. The lowest BCUT2D eigenvalue weighted by atomic mass is 10.2. The number of hydrogen-bond acceptors (Lipinski definition) is 5. The van der Waals surface area contributed by atoms with Gasteiger partial charge in [-0.25, -0.2) is 4.98 Å². The van der Waals surface area contributed by atoms with Crippen molar-refractivity contribution < 1.29 is 14.3 Å². The number of thiazole rings is 1. The van der Waals surface area contributed by atoms with Crippen molar-refractivity contribution in [2.24, 2.45) is 5.73 Å². The van der Waals surface area contributed by atoms with E-state index in [-0.39, 0.29) is 6.42 Å². The fourth-order valence-corrected chi connectivity index (χ4v) is 2.37. The van der Waals surface area contributed by atoms with Crippen LogP contribution in [0.2, 0.25) is 0 Å². The molecule has 0 radical (unpaired) electrons. The fraction of sp³-hybridized carbons (Fsp3) is 0.333. The highest BCUT2D eigenvalue weighted by atomic mass is 32.1. The molecule has 0 aliphatic heterocycles. The number of rotatable bonds is 6. The number of aromatic nitrogens is 1. The predicted octanol–water partition coefficient (Wildman–Crippen LogP) is 1.48. The number of furan rings is 1. The average Bonchev–Trinajstić information content (AvgIpc) is 2.96. The number of aryl methyl sites for hydroxylation is 2. The number of carbonyl (C=O) groups is 1. The van der Waals surface area contributed by atoms with Crippen LogP contribution in [0.1, 0.15) is 16.5 Å². The van der Waals surface area contributed by atoms with E-state index in [1.54, 1.807) is 6.26 Å². The number of hydrogen-bond donors (Lipinski definition) is 2. The van der Waals surface area contributed by atoms with Crippen LogP contribution in [0.3, 0.4) is 0 Å². The third kappa shape index (κ3) is 3.41. The van der Waals surface area contributed by atoms with Gasteiger partial charge in [-0.2, -0.15) is 0 Å². The molecule has 0 aromatic carbocycles. The van der Waals surface area contributed by atoms with E-state index in [2.05, 4.69) is 4.98 Å². The molecule has 2 aromatic rings. The fourth-order valence-electron chi connectivity index (χ4n) is 1.56. The Hall–Kier alpha value is -1.66. The molecular weight excluding hydrogens is 252 g/mol. The van der Waals surface area contributed by atoms with Gasteiger partial charge in [-0.05, 0) is 12.1 Å². The normalized spacial score (nSPS) is 12.5. The van der Waals surface area contributed by atoms with Crippen LogP contribution in [0.5, 0.6) is 0 Å². The van der Waals surface area contributed by atoms with E-state index in [1.807, 2.05) is 17.5 Å². The number of nitrogens with zero attached hydrogens (tertiary/aromatic N) is 1. The summed E-state index contributed by atoms with van der Waals surface area (Å²) in [5.41, 5.74) is 6.20. The van der Waals surface area contributed by atoms with E-state index in [4.69, 9.17) is 15.3 Å². The maximum absolute atomic E-state index is 10.6. The molecular formula is C12H14N2O3S. The van der Waals surface area contributed by atoms with Crippen molar-refractivity contribution in [3.05, 3.63) is 40.2 Å². The zero-order valence-corrected chi connectivity index (χ0v) is 10.5. The highest BCUT2D eigenvalue weighted by Gasteiger charge is 2.14. The van der Waals surface area contributed by atoms with Crippen molar-refractivity contribution >= 4 is 17.3 Å². The van der Waals surface area contributed by atoms with Gasteiger partial charge in [0.25, 0.3) is 0 Å². The molecule has 0 amide bonds. The molecule has 1 unspecified atom stereocenters. The molecule has 18 heavy (non-hydrogen) atoms. The molecule has 2 heterocycles. The summed E-state index contributed by atoms with van der Waals surface area (Å²) in [4.78, 5) is 15.0. The summed E-state index contributed by atoms with van der Waals surface area (Å²) >= 11 is 1.52. The topological polar surface area (TPSA) is 89.4 Å². The zero-order valence-electron chi connectivity index (χ0n) is 9.70. The van der Waals surface area contributed by atoms with Gasteiger partial charge in [0.1, 0.15) is 11.8 Å². The van der Waals surface area contributed by atoms with Gasteiger partial charge in [0.05, 0.1) is 17.0 Å². The minimum absolute atomic E-state index is 0.270. The Balaban J connectivity index is 1.88. The predicted molar refractivity (Wildman–Crippen MR) is 67.5 cm³/mol. The van der Waals surface area contributed by atoms with Crippen LogP contribution in [0.15, 0.2) is 28.2 Å². The molecule has 0 aliphatic rings. The lowest BCUT2D eigenvalue weighted by Crippen LogP contribution is -2.32. The summed E-state index contributed by atoms with van der Waals surface area (Å²) in [5, 5.41) is 11.5. The number of nitrogens with two attached hydrogens (primary N) is 1. The van der Waals surface area contributed by atoms with E-state index >= 15 is 0 Å². The van der Waals surface area contributed by atoms with E-state index in [0.29, 0.717) is 0 Å². The van der Waals surface area contributed by atoms with Crippen molar-refractivity contribution in [1.82, 2.24) is 4.98 Å². The summed E-state index contributed by atoms with van der Waals surface area (Å²) in [6.45, 7) is 0. The van der Waals surface area contributed by atoms with Gasteiger partial charge in [-0.1, -0.05) is 0 Å². The van der Waals surface area contributed by atoms with E-state index in [1.165, 1.54) is 11.3 Å². The highest BCUT2D eigenvalue weighted by molar-refractivity contribution is 7.09. The lowest BCUT2D eigenvalue weighted by molar-refractivity contribution is -0.138. The Bertz CT molecular complexity index is 507. The van der Waals surface area contributed by atoms with Crippen LogP contribution < -0.4 is 5.73 Å². The lowest BCUT2D eigenvalue weighted by Gasteiger charge is -2.02. The molecule has 2 rings (SSSR count). The summed E-state index contributed by atoms with van der Waals surface area (Å²) < 4.78 is 5.24. The number of aliphatic carboxylic acids is 1. The van der Waals surface area contributed by atoms with Gasteiger partial charge < -0.3 is 15.3 Å². The largest absolute Gasteiger partial charge is 0.480 e. The molecule has 0 bridgehead atoms. The molecule has 0 saturated carbocycles. The first-order chi connectivity index (χ1) is 8.65. The second-order valence-corrected chi connectivity index (χ2v) is 4.90. The summed E-state index contributed by atoms with van der Waals surface area (Å²) in [7, 11) is 0. The minimum atomic E-state index is -1.000. The Morgan fingerprint density at radius 3 is 3.06 bits per heavy atom. The van der Waals surface area contributed by atoms with Crippen molar-refractivity contribution in [2.45, 2.75) is 25.3 Å². The van der Waals surface area contributed by atoms with Crippen LogP contribution in [0.4, 0.5) is 0 Å². The van der Waals surface area contributed by atoms with E-state index in [9.17, 15) is 4.79 Å². The van der Waals surface area contributed by atoms with Crippen LogP contribution in [0.25, 0.3) is 0 Å². The second kappa shape index (κ2) is 5.79. The summed E-state index contributed by atoms with van der Waals surface area (Å²) in [6.07, 6.45) is 3.51. The Morgan fingerprint density at radius 2 is 2.39 bits per heavy atom. The second-order valence-electron chi connectivity index (χ2n) is 3.96. The first kappa shape index (κ1) is 12.8. The third-order valence-corrected chi connectivity index (χ3v) is 3.47. The Labute approximate surface area is 108 Å². The molecule has 0 spiro atoms. The zero-order chi connectivity index (χ0) is 13.0. The molecule has 0 saturated heterocycles. The van der Waals surface area contributed by atoms with Crippen LogP contribution >= 0.6 is 11.3 Å². The third-order valence-electron chi connectivity index (χ3n) is 2.51. The van der Waals surface area contributed by atoms with Gasteiger partial charge in [-0.15, -0.1) is 11.3 Å². The Kier molecular flexibility index (Phi) is 4.11. The molecule has 1 atom stereocenters. The molecule has 0 fully saturated rings. The molecule has 6 heteroatoms. The SMILES string of the molecule is NC(Cc1csc(CCc2ccco2)n1)C(=O)O. The first-order valence-electron chi connectivity index (χ1n) is 5.59. The maximum Gasteiger partial charge on any atom is 0.320 e. The average molecular weight is 266 g/mol. The maximum atomic E-state index is 10.6. The van der Waals surface area contributed by atoms with Gasteiger partial charge in [-0.3, -0.25) is 4.79 Å². The Morgan fingerprint density at radius 1 is 1.56 bits per heavy atom. The quantitative estimate of drug-likeness (QED) is 0.826. The van der Waals surface area contributed by atoms with E-state index in [0.717, 1.165) is 29.3 Å².